The van der Waals surface area contributed by atoms with E-state index in [-0.39, 0.29) is 11.0 Å². The van der Waals surface area contributed by atoms with E-state index < -0.39 is 0 Å². The summed E-state index contributed by atoms with van der Waals surface area (Å²) >= 11 is 0. The second-order valence-corrected chi connectivity index (χ2v) is 9.37. The molecule has 2 unspecified atom stereocenters. The zero-order chi connectivity index (χ0) is 19.9. The Kier molecular flexibility index (Phi) is 8.38. The molecule has 2 heterocycles. The van der Waals surface area contributed by atoms with Crippen LogP contribution in [-0.2, 0) is 9.47 Å². The quantitative estimate of drug-likeness (QED) is 0.546. The Bertz CT molecular complexity index is 467. The number of hydrogen-bond acceptors (Lipinski definition) is 4. The first-order chi connectivity index (χ1) is 12.8. The van der Waals surface area contributed by atoms with Crippen molar-refractivity contribution in [3.8, 4) is 0 Å². The Hall–Kier alpha value is -0.850. The lowest BCUT2D eigenvalue weighted by Gasteiger charge is -2.42. The summed E-state index contributed by atoms with van der Waals surface area (Å²) in [6, 6.07) is 0. The van der Waals surface area contributed by atoms with Crippen LogP contribution in [0.5, 0.6) is 0 Å². The summed E-state index contributed by atoms with van der Waals surface area (Å²) in [6.07, 6.45) is 4.73. The first-order valence-corrected chi connectivity index (χ1v) is 10.7. The van der Waals surface area contributed by atoms with Gasteiger partial charge in [0.15, 0.2) is 5.96 Å². The Labute approximate surface area is 166 Å². The Morgan fingerprint density at radius 3 is 2.44 bits per heavy atom. The lowest BCUT2D eigenvalue weighted by Crippen LogP contribution is -2.52. The van der Waals surface area contributed by atoms with Crippen LogP contribution in [0.25, 0.3) is 0 Å². The van der Waals surface area contributed by atoms with Gasteiger partial charge < -0.3 is 25.0 Å². The highest BCUT2D eigenvalue weighted by Gasteiger charge is 2.36. The van der Waals surface area contributed by atoms with Crippen molar-refractivity contribution < 1.29 is 9.47 Å². The highest BCUT2D eigenvalue weighted by atomic mass is 16.5. The van der Waals surface area contributed by atoms with Gasteiger partial charge in [0.25, 0.3) is 0 Å². The Morgan fingerprint density at radius 1 is 1.15 bits per heavy atom. The fourth-order valence-electron chi connectivity index (χ4n) is 4.30. The number of guanidine groups is 1. The van der Waals surface area contributed by atoms with Crippen LogP contribution in [-0.4, -0.2) is 76.1 Å². The lowest BCUT2D eigenvalue weighted by atomic mass is 9.78. The van der Waals surface area contributed by atoms with Crippen molar-refractivity contribution in [2.75, 3.05) is 53.6 Å². The molecular formula is C21H42N4O2. The SMILES string of the molecule is CCNC(=NCC1(N(C)C)CCOCC1)NCC1CCCOC1C(C)(C)C. The van der Waals surface area contributed by atoms with E-state index in [2.05, 4.69) is 57.3 Å². The fourth-order valence-corrected chi connectivity index (χ4v) is 4.30. The molecule has 2 atom stereocenters. The van der Waals surface area contributed by atoms with Gasteiger partial charge in [-0.3, -0.25) is 4.99 Å². The second-order valence-electron chi connectivity index (χ2n) is 9.37. The molecular weight excluding hydrogens is 340 g/mol. The van der Waals surface area contributed by atoms with Crippen molar-refractivity contribution in [2.24, 2.45) is 16.3 Å². The topological polar surface area (TPSA) is 58.1 Å². The summed E-state index contributed by atoms with van der Waals surface area (Å²) in [4.78, 5) is 7.29. The van der Waals surface area contributed by atoms with Gasteiger partial charge in [-0.25, -0.2) is 0 Å². The third-order valence-electron chi connectivity index (χ3n) is 6.08. The van der Waals surface area contributed by atoms with Crippen molar-refractivity contribution in [3.05, 3.63) is 0 Å². The highest BCUT2D eigenvalue weighted by Crippen LogP contribution is 2.33. The molecule has 6 nitrogen and oxygen atoms in total. The van der Waals surface area contributed by atoms with E-state index in [1.54, 1.807) is 0 Å². The van der Waals surface area contributed by atoms with Gasteiger partial charge in [-0.2, -0.15) is 0 Å². The Morgan fingerprint density at radius 2 is 1.85 bits per heavy atom. The lowest BCUT2D eigenvalue weighted by molar-refractivity contribution is -0.0835. The van der Waals surface area contributed by atoms with E-state index in [0.29, 0.717) is 12.0 Å². The first kappa shape index (κ1) is 22.4. The van der Waals surface area contributed by atoms with Gasteiger partial charge in [-0.05, 0) is 52.1 Å². The number of nitrogens with one attached hydrogen (secondary N) is 2. The van der Waals surface area contributed by atoms with Gasteiger partial charge in [0.1, 0.15) is 0 Å². The molecule has 2 N–H and O–H groups in total. The van der Waals surface area contributed by atoms with Gasteiger partial charge in [0, 0.05) is 44.4 Å². The van der Waals surface area contributed by atoms with E-state index >= 15 is 0 Å². The zero-order valence-corrected chi connectivity index (χ0v) is 18.4. The molecule has 0 spiro atoms. The molecule has 0 bridgehead atoms. The van der Waals surface area contributed by atoms with Gasteiger partial charge in [0.05, 0.1) is 12.6 Å². The smallest absolute Gasteiger partial charge is 0.191 e. The molecule has 0 aromatic rings. The van der Waals surface area contributed by atoms with E-state index in [1.165, 1.54) is 6.42 Å². The third kappa shape index (κ3) is 6.33. The van der Waals surface area contributed by atoms with Crippen molar-refractivity contribution in [1.29, 1.82) is 0 Å². The number of aliphatic imine (C=N–C) groups is 1. The molecule has 27 heavy (non-hydrogen) atoms. The summed E-state index contributed by atoms with van der Waals surface area (Å²) in [5.41, 5.74) is 0.266. The number of nitrogens with zero attached hydrogens (tertiary/aromatic N) is 2. The van der Waals surface area contributed by atoms with Crippen molar-refractivity contribution in [1.82, 2.24) is 15.5 Å². The molecule has 0 aliphatic carbocycles. The standard InChI is InChI=1S/C21H42N4O2/c1-7-22-19(24-16-21(25(5)6)10-13-26-14-11-21)23-15-17-9-8-12-27-18(17)20(2,3)4/h17-18H,7-16H2,1-6H3,(H2,22,23,24). The van der Waals surface area contributed by atoms with Crippen LogP contribution >= 0.6 is 0 Å². The van der Waals surface area contributed by atoms with Gasteiger partial charge in [-0.15, -0.1) is 0 Å². The number of ether oxygens (including phenoxy) is 2. The predicted octanol–water partition coefficient (Wildman–Crippen LogP) is 2.49. The van der Waals surface area contributed by atoms with Crippen LogP contribution in [0.4, 0.5) is 0 Å². The molecule has 2 aliphatic heterocycles. The maximum atomic E-state index is 6.13. The summed E-state index contributed by atoms with van der Waals surface area (Å²) < 4.78 is 11.7. The van der Waals surface area contributed by atoms with E-state index in [9.17, 15) is 0 Å². The maximum absolute atomic E-state index is 6.13. The van der Waals surface area contributed by atoms with Crippen LogP contribution in [0.2, 0.25) is 0 Å². The molecule has 0 radical (unpaired) electrons. The molecule has 158 valence electrons. The van der Waals surface area contributed by atoms with Gasteiger partial charge in [-0.1, -0.05) is 20.8 Å². The molecule has 0 aromatic carbocycles. The van der Waals surface area contributed by atoms with Gasteiger partial charge in [0.2, 0.25) is 0 Å². The normalized spacial score (nSPS) is 26.9. The van der Waals surface area contributed by atoms with Crippen LogP contribution < -0.4 is 10.6 Å². The number of rotatable bonds is 6. The van der Waals surface area contributed by atoms with Crippen molar-refractivity contribution >= 4 is 5.96 Å². The second kappa shape index (κ2) is 10.1. The van der Waals surface area contributed by atoms with E-state index in [0.717, 1.165) is 64.7 Å². The summed E-state index contributed by atoms with van der Waals surface area (Å²) in [6.45, 7) is 14.1. The van der Waals surface area contributed by atoms with Crippen LogP contribution in [0.15, 0.2) is 4.99 Å². The average molecular weight is 383 g/mol. The molecule has 0 aromatic heterocycles. The fraction of sp³-hybridized carbons (Fsp3) is 0.952. The molecule has 2 fully saturated rings. The number of likely N-dealkylation sites (N-methyl/N-ethyl adjacent to an activating group) is 1. The van der Waals surface area contributed by atoms with Crippen LogP contribution in [0, 0.1) is 11.3 Å². The average Bonchev–Trinajstić information content (AvgIpc) is 2.64. The predicted molar refractivity (Wildman–Crippen MR) is 112 cm³/mol. The zero-order valence-electron chi connectivity index (χ0n) is 18.4. The molecule has 6 heteroatoms. The van der Waals surface area contributed by atoms with Gasteiger partial charge >= 0.3 is 0 Å². The molecule has 0 saturated carbocycles. The largest absolute Gasteiger partial charge is 0.381 e. The summed E-state index contributed by atoms with van der Waals surface area (Å²) in [5.74, 6) is 1.44. The molecule has 2 saturated heterocycles. The molecule has 0 amide bonds. The molecule has 2 rings (SSSR count). The minimum absolute atomic E-state index is 0.0997. The minimum atomic E-state index is 0.0997. The minimum Gasteiger partial charge on any atom is -0.381 e. The summed E-state index contributed by atoms with van der Waals surface area (Å²) in [5, 5.41) is 7.02. The van der Waals surface area contributed by atoms with Crippen LogP contribution in [0.1, 0.15) is 53.4 Å². The molecule has 2 aliphatic rings. The van der Waals surface area contributed by atoms with E-state index in [1.807, 2.05) is 0 Å². The first-order valence-electron chi connectivity index (χ1n) is 10.7. The van der Waals surface area contributed by atoms with E-state index in [4.69, 9.17) is 14.5 Å². The third-order valence-corrected chi connectivity index (χ3v) is 6.08. The van der Waals surface area contributed by atoms with Crippen molar-refractivity contribution in [2.45, 2.75) is 65.0 Å². The highest BCUT2D eigenvalue weighted by molar-refractivity contribution is 5.79. The van der Waals surface area contributed by atoms with Crippen molar-refractivity contribution in [3.63, 3.8) is 0 Å². The number of hydrogen-bond donors (Lipinski definition) is 2. The summed E-state index contributed by atoms with van der Waals surface area (Å²) in [7, 11) is 4.32. The Balaban J connectivity index is 2.00. The maximum Gasteiger partial charge on any atom is 0.191 e. The monoisotopic (exact) mass is 382 g/mol. The van der Waals surface area contributed by atoms with Crippen LogP contribution in [0.3, 0.4) is 0 Å².